The van der Waals surface area contributed by atoms with Crippen molar-refractivity contribution in [2.24, 2.45) is 0 Å². The topological polar surface area (TPSA) is 22.1 Å². The quantitative estimate of drug-likeness (QED) is 0.735. The van der Waals surface area contributed by atoms with Gasteiger partial charge in [-0.2, -0.15) is 0 Å². The number of nitrogens with zero attached hydrogens (tertiary/aromatic N) is 1. The number of rotatable bonds is 3. The van der Waals surface area contributed by atoms with Crippen LogP contribution in [-0.2, 0) is 0 Å². The number of pyridine rings is 1. The van der Waals surface area contributed by atoms with Crippen LogP contribution in [0.5, 0.6) is 5.88 Å². The van der Waals surface area contributed by atoms with E-state index in [9.17, 15) is 0 Å². The zero-order valence-corrected chi connectivity index (χ0v) is 7.05. The third kappa shape index (κ3) is 2.89. The van der Waals surface area contributed by atoms with Crippen LogP contribution in [0, 0.1) is 0 Å². The zero-order chi connectivity index (χ0) is 14.2. The molecule has 0 fully saturated rings. The van der Waals surface area contributed by atoms with Gasteiger partial charge >= 0.3 is 0 Å². The Labute approximate surface area is 84.6 Å². The van der Waals surface area contributed by atoms with Crippen molar-refractivity contribution >= 4 is 15.9 Å². The molecular formula is C8H10BrNO. The van der Waals surface area contributed by atoms with E-state index in [1.807, 2.05) is 0 Å². The van der Waals surface area contributed by atoms with E-state index < -0.39 is 19.8 Å². The molecular weight excluding hydrogens is 206 g/mol. The van der Waals surface area contributed by atoms with Gasteiger partial charge in [0, 0.05) is 12.9 Å². The summed E-state index contributed by atoms with van der Waals surface area (Å²) in [6.45, 7) is -6.19. The average Bonchev–Trinajstić information content (AvgIpc) is 2.14. The van der Waals surface area contributed by atoms with Gasteiger partial charge in [0.2, 0.25) is 5.88 Å². The summed E-state index contributed by atoms with van der Waals surface area (Å²) in [5.41, 5.74) is 0. The lowest BCUT2D eigenvalue weighted by Gasteiger charge is -2.01. The third-order valence-electron chi connectivity index (χ3n) is 0.896. The molecule has 0 aliphatic carbocycles. The molecule has 0 aromatic carbocycles. The van der Waals surface area contributed by atoms with Crippen molar-refractivity contribution in [2.45, 2.75) is 13.2 Å². The molecule has 1 heterocycles. The zero-order valence-electron chi connectivity index (χ0n) is 12.5. The molecule has 0 N–H and O–H groups in total. The molecule has 0 saturated carbocycles. The molecule has 0 spiro atoms. The van der Waals surface area contributed by atoms with Gasteiger partial charge in [-0.25, -0.2) is 4.98 Å². The van der Waals surface area contributed by atoms with Crippen molar-refractivity contribution in [1.29, 1.82) is 0 Å². The number of ether oxygens (including phenoxy) is 1. The van der Waals surface area contributed by atoms with Crippen molar-refractivity contribution in [1.82, 2.24) is 4.98 Å². The van der Waals surface area contributed by atoms with Crippen LogP contribution in [0.25, 0.3) is 0 Å². The summed E-state index contributed by atoms with van der Waals surface area (Å²) in [5, 5.41) is 0. The first-order chi connectivity index (χ1) is 7.97. The van der Waals surface area contributed by atoms with Crippen molar-refractivity contribution in [3.8, 4) is 5.88 Å². The van der Waals surface area contributed by atoms with E-state index >= 15 is 0 Å². The van der Waals surface area contributed by atoms with Gasteiger partial charge in [-0.15, -0.1) is 0 Å². The molecule has 0 radical (unpaired) electrons. The van der Waals surface area contributed by atoms with E-state index in [0.717, 1.165) is 0 Å². The number of aromatic nitrogens is 1. The molecule has 0 atom stereocenters. The van der Waals surface area contributed by atoms with E-state index in [0.29, 0.717) is 4.60 Å². The van der Waals surface area contributed by atoms with E-state index in [-0.39, 0.29) is 5.88 Å². The van der Waals surface area contributed by atoms with Crippen molar-refractivity contribution in [3.05, 3.63) is 22.8 Å². The Morgan fingerprint density at radius 1 is 1.82 bits per heavy atom. The lowest BCUT2D eigenvalue weighted by Crippen LogP contribution is -1.96. The predicted molar refractivity (Wildman–Crippen MR) is 47.7 cm³/mol. The Morgan fingerprint density at radius 3 is 3.45 bits per heavy atom. The maximum absolute atomic E-state index is 7.45. The fraction of sp³-hybridized carbons (Fsp3) is 0.375. The van der Waals surface area contributed by atoms with E-state index in [4.69, 9.17) is 14.3 Å². The maximum Gasteiger partial charge on any atom is 0.214 e. The van der Waals surface area contributed by atoms with Gasteiger partial charge in [-0.05, 0) is 28.4 Å². The molecule has 0 unspecified atom stereocenters. The Bertz CT molecular complexity index is 434. The summed E-state index contributed by atoms with van der Waals surface area (Å²) in [4.78, 5) is 3.76. The van der Waals surface area contributed by atoms with E-state index in [1.165, 1.54) is 12.1 Å². The number of hydrogen-bond donors (Lipinski definition) is 0. The molecule has 0 aliphatic rings. The summed E-state index contributed by atoms with van der Waals surface area (Å²) in [6, 6.07) is 4.38. The minimum atomic E-state index is -3.16. The van der Waals surface area contributed by atoms with Gasteiger partial charge in [0.05, 0.1) is 9.30 Å². The Kier molecular flexibility index (Phi) is 1.20. The summed E-state index contributed by atoms with van der Waals surface area (Å²) < 4.78 is 55.7. The third-order valence-corrected chi connectivity index (χ3v) is 1.34. The molecule has 3 heteroatoms. The van der Waals surface area contributed by atoms with Gasteiger partial charge in [-0.3, -0.25) is 0 Å². The summed E-state index contributed by atoms with van der Waals surface area (Å²) in [6.07, 6.45) is -3.16. The second kappa shape index (κ2) is 4.34. The molecule has 11 heavy (non-hydrogen) atoms. The molecule has 0 bridgehead atoms. The monoisotopic (exact) mass is 222 g/mol. The first-order valence-corrected chi connectivity index (χ1v) is 3.58. The van der Waals surface area contributed by atoms with Crippen LogP contribution in [0.2, 0.25) is 0 Å². The largest absolute Gasteiger partial charge is 0.478 e. The highest BCUT2D eigenvalue weighted by molar-refractivity contribution is 9.10. The molecule has 2 nitrogen and oxygen atoms in total. The molecule has 60 valence electrons. The fourth-order valence-corrected chi connectivity index (χ4v) is 0.852. The van der Waals surface area contributed by atoms with Crippen molar-refractivity contribution < 1.29 is 14.3 Å². The summed E-state index contributed by atoms with van der Waals surface area (Å²) in [5.74, 6) is -0.206. The average molecular weight is 223 g/mol. The molecule has 0 saturated heterocycles. The fourth-order valence-electron chi connectivity index (χ4n) is 0.524. The van der Waals surface area contributed by atoms with Gasteiger partial charge in [0.25, 0.3) is 0 Å². The SMILES string of the molecule is [2H]C([2H])([2H])C([2H])([2H])C([2H])([2H])Oc1cccc(Br)n1. The van der Waals surface area contributed by atoms with Crippen LogP contribution in [-0.4, -0.2) is 11.5 Å². The molecule has 0 amide bonds. The Morgan fingerprint density at radius 2 is 2.73 bits per heavy atom. The molecule has 1 aromatic heterocycles. The standard InChI is InChI=1S/C8H10BrNO/c1-2-6-11-8-5-3-4-7(9)10-8/h3-5H,2,6H2,1H3/i1D3,2D2,6D2. The first-order valence-electron chi connectivity index (χ1n) is 6.29. The van der Waals surface area contributed by atoms with Gasteiger partial charge in [0.15, 0.2) is 0 Å². The Balaban J connectivity index is 3.01. The number of hydrogen-bond acceptors (Lipinski definition) is 2. The molecule has 0 aliphatic heterocycles. The van der Waals surface area contributed by atoms with E-state index in [2.05, 4.69) is 20.9 Å². The van der Waals surface area contributed by atoms with Crippen LogP contribution in [0.1, 0.15) is 22.8 Å². The van der Waals surface area contributed by atoms with Gasteiger partial charge in [0.1, 0.15) is 4.60 Å². The highest BCUT2D eigenvalue weighted by atomic mass is 79.9. The minimum Gasteiger partial charge on any atom is -0.478 e. The summed E-state index contributed by atoms with van der Waals surface area (Å²) in [7, 11) is 0. The minimum absolute atomic E-state index is 0.206. The highest BCUT2D eigenvalue weighted by Gasteiger charge is 1.93. The Hall–Kier alpha value is -0.570. The van der Waals surface area contributed by atoms with Crippen LogP contribution >= 0.6 is 15.9 Å². The second-order valence-corrected chi connectivity index (χ2v) is 2.44. The maximum atomic E-state index is 7.45. The smallest absolute Gasteiger partial charge is 0.214 e. The van der Waals surface area contributed by atoms with Crippen LogP contribution in [0.4, 0.5) is 0 Å². The lowest BCUT2D eigenvalue weighted by molar-refractivity contribution is 0.305. The normalized spacial score (nSPS) is 22.8. The van der Waals surface area contributed by atoms with Crippen LogP contribution in [0.15, 0.2) is 22.8 Å². The van der Waals surface area contributed by atoms with Gasteiger partial charge < -0.3 is 4.74 Å². The number of halogens is 1. The van der Waals surface area contributed by atoms with E-state index in [1.54, 1.807) is 6.07 Å². The second-order valence-electron chi connectivity index (χ2n) is 1.63. The van der Waals surface area contributed by atoms with Crippen LogP contribution < -0.4 is 4.74 Å². The molecule has 1 aromatic rings. The molecule has 1 rings (SSSR count). The van der Waals surface area contributed by atoms with Crippen LogP contribution in [0.3, 0.4) is 0 Å². The van der Waals surface area contributed by atoms with Crippen molar-refractivity contribution in [3.63, 3.8) is 0 Å². The first kappa shape index (κ1) is 3.05. The summed E-state index contributed by atoms with van der Waals surface area (Å²) >= 11 is 3.04. The van der Waals surface area contributed by atoms with Crippen molar-refractivity contribution in [2.75, 3.05) is 6.56 Å². The highest BCUT2D eigenvalue weighted by Crippen LogP contribution is 2.11. The van der Waals surface area contributed by atoms with Gasteiger partial charge in [-0.1, -0.05) is 12.9 Å². The lowest BCUT2D eigenvalue weighted by atomic mass is 10.5. The predicted octanol–water partition coefficient (Wildman–Crippen LogP) is 2.63.